The lowest BCUT2D eigenvalue weighted by molar-refractivity contribution is -0.0804. The second kappa shape index (κ2) is 10.6. The van der Waals surface area contributed by atoms with Gasteiger partial charge in [0, 0.05) is 23.6 Å². The van der Waals surface area contributed by atoms with Crippen LogP contribution in [0.25, 0.3) is 0 Å². The minimum Gasteiger partial charge on any atom is -0.491 e. The van der Waals surface area contributed by atoms with E-state index in [0.29, 0.717) is 13.2 Å². The average molecular weight is 471 g/mol. The fraction of sp³-hybridized carbons (Fsp3) is 0.455. The van der Waals surface area contributed by atoms with E-state index in [4.69, 9.17) is 9.47 Å². The van der Waals surface area contributed by atoms with Crippen molar-refractivity contribution in [2.45, 2.75) is 39.0 Å². The molecule has 6 heteroatoms. The topological polar surface area (TPSA) is 41.9 Å². The highest BCUT2D eigenvalue weighted by Gasteiger charge is 2.31. The molecule has 1 heterocycles. The van der Waals surface area contributed by atoms with Crippen LogP contribution >= 0.6 is 28.3 Å². The number of hydrogen-bond acceptors (Lipinski definition) is 4. The highest BCUT2D eigenvalue weighted by Crippen LogP contribution is 2.29. The Labute approximate surface area is 182 Å². The summed E-state index contributed by atoms with van der Waals surface area (Å²) < 4.78 is 12.9. The van der Waals surface area contributed by atoms with Crippen LogP contribution in [0.2, 0.25) is 0 Å². The zero-order valence-corrected chi connectivity index (χ0v) is 19.0. The Kier molecular flexibility index (Phi) is 8.78. The van der Waals surface area contributed by atoms with E-state index in [-0.39, 0.29) is 31.2 Å². The Morgan fingerprint density at radius 3 is 2.64 bits per heavy atom. The summed E-state index contributed by atoms with van der Waals surface area (Å²) in [6.07, 6.45) is -0.532. The molecular formula is C22H29BrClNO3. The maximum Gasteiger partial charge on any atom is 0.122 e. The predicted molar refractivity (Wildman–Crippen MR) is 119 cm³/mol. The number of aliphatic hydroxyl groups is 1. The SMILES string of the molecule is Cc1cccc(OCC(O)CN2CCOC(c3ccc(Br)cc3)C2C)c1C.Cl. The first kappa shape index (κ1) is 23.2. The van der Waals surface area contributed by atoms with E-state index in [1.54, 1.807) is 0 Å². The molecular weight excluding hydrogens is 442 g/mol. The fourth-order valence-corrected chi connectivity index (χ4v) is 3.77. The Morgan fingerprint density at radius 2 is 1.93 bits per heavy atom. The summed E-state index contributed by atoms with van der Waals surface area (Å²) in [5, 5.41) is 10.5. The molecule has 0 spiro atoms. The zero-order chi connectivity index (χ0) is 19.4. The van der Waals surface area contributed by atoms with Crippen LogP contribution in [-0.4, -0.2) is 48.5 Å². The van der Waals surface area contributed by atoms with Crippen molar-refractivity contribution in [3.8, 4) is 5.75 Å². The number of ether oxygens (including phenoxy) is 2. The predicted octanol–water partition coefficient (Wildman–Crippen LogP) is 4.69. The number of halogens is 2. The highest BCUT2D eigenvalue weighted by molar-refractivity contribution is 9.10. The number of nitrogens with zero attached hydrogens (tertiary/aromatic N) is 1. The largest absolute Gasteiger partial charge is 0.491 e. The maximum absolute atomic E-state index is 10.5. The van der Waals surface area contributed by atoms with E-state index in [1.165, 1.54) is 5.56 Å². The van der Waals surface area contributed by atoms with Gasteiger partial charge in [-0.05, 0) is 55.7 Å². The van der Waals surface area contributed by atoms with Crippen LogP contribution in [0.4, 0.5) is 0 Å². The van der Waals surface area contributed by atoms with Crippen molar-refractivity contribution in [1.29, 1.82) is 0 Å². The Morgan fingerprint density at radius 1 is 1.21 bits per heavy atom. The lowest BCUT2D eigenvalue weighted by Crippen LogP contribution is -2.49. The number of rotatable bonds is 6. The molecule has 3 unspecified atom stereocenters. The molecule has 1 saturated heterocycles. The molecule has 0 aliphatic carbocycles. The normalized spacial score (nSPS) is 21.0. The second-order valence-corrected chi connectivity index (χ2v) is 8.16. The van der Waals surface area contributed by atoms with Crippen LogP contribution in [0.1, 0.15) is 29.7 Å². The third kappa shape index (κ3) is 5.71. The van der Waals surface area contributed by atoms with E-state index >= 15 is 0 Å². The summed E-state index contributed by atoms with van der Waals surface area (Å²) in [7, 11) is 0. The van der Waals surface area contributed by atoms with Crippen LogP contribution in [0.3, 0.4) is 0 Å². The molecule has 4 nitrogen and oxygen atoms in total. The van der Waals surface area contributed by atoms with Gasteiger partial charge in [-0.2, -0.15) is 0 Å². The van der Waals surface area contributed by atoms with Crippen molar-refractivity contribution < 1.29 is 14.6 Å². The first-order chi connectivity index (χ1) is 13.0. The molecule has 3 rings (SSSR count). The molecule has 0 radical (unpaired) electrons. The Hall–Kier alpha value is -1.11. The number of benzene rings is 2. The molecule has 1 aliphatic heterocycles. The van der Waals surface area contributed by atoms with Crippen LogP contribution in [0, 0.1) is 13.8 Å². The van der Waals surface area contributed by atoms with Gasteiger partial charge >= 0.3 is 0 Å². The van der Waals surface area contributed by atoms with E-state index in [2.05, 4.69) is 52.9 Å². The third-order valence-corrected chi connectivity index (χ3v) is 5.85. The summed E-state index contributed by atoms with van der Waals surface area (Å²) in [5.74, 6) is 0.844. The number of aliphatic hydroxyl groups excluding tert-OH is 1. The molecule has 0 saturated carbocycles. The summed E-state index contributed by atoms with van der Waals surface area (Å²) in [6, 6.07) is 14.5. The van der Waals surface area contributed by atoms with E-state index in [9.17, 15) is 5.11 Å². The number of β-amino-alcohol motifs (C(OH)–C–C–N with tert-alkyl or cyclic N) is 1. The van der Waals surface area contributed by atoms with Gasteiger partial charge in [-0.25, -0.2) is 0 Å². The van der Waals surface area contributed by atoms with Gasteiger partial charge in [0.25, 0.3) is 0 Å². The van der Waals surface area contributed by atoms with Crippen molar-refractivity contribution in [3.63, 3.8) is 0 Å². The first-order valence-corrected chi connectivity index (χ1v) is 10.2. The van der Waals surface area contributed by atoms with Gasteiger partial charge in [0.2, 0.25) is 0 Å². The van der Waals surface area contributed by atoms with Gasteiger partial charge in [0.05, 0.1) is 12.7 Å². The number of morpholine rings is 1. The monoisotopic (exact) mass is 469 g/mol. The summed E-state index contributed by atoms with van der Waals surface area (Å²) >= 11 is 3.48. The van der Waals surface area contributed by atoms with Crippen LogP contribution < -0.4 is 4.74 Å². The summed E-state index contributed by atoms with van der Waals surface area (Å²) in [5.41, 5.74) is 3.48. The standard InChI is InChI=1S/C22H28BrNO3.ClH/c1-15-5-4-6-21(16(15)2)27-14-20(25)13-24-11-12-26-22(17(24)3)18-7-9-19(23)10-8-18;/h4-10,17,20,22,25H,11-14H2,1-3H3;1H. The van der Waals surface area contributed by atoms with Gasteiger partial charge in [0.1, 0.15) is 18.5 Å². The van der Waals surface area contributed by atoms with Crippen molar-refractivity contribution in [1.82, 2.24) is 4.90 Å². The van der Waals surface area contributed by atoms with Crippen LogP contribution in [-0.2, 0) is 4.74 Å². The molecule has 1 fully saturated rings. The van der Waals surface area contributed by atoms with Gasteiger partial charge < -0.3 is 14.6 Å². The lowest BCUT2D eigenvalue weighted by Gasteiger charge is -2.40. The molecule has 154 valence electrons. The van der Waals surface area contributed by atoms with Crippen molar-refractivity contribution in [3.05, 3.63) is 63.6 Å². The molecule has 2 aromatic rings. The quantitative estimate of drug-likeness (QED) is 0.665. The second-order valence-electron chi connectivity index (χ2n) is 7.24. The molecule has 1 N–H and O–H groups in total. The van der Waals surface area contributed by atoms with E-state index in [1.807, 2.05) is 31.2 Å². The fourth-order valence-electron chi connectivity index (χ4n) is 3.51. The van der Waals surface area contributed by atoms with Crippen molar-refractivity contribution in [2.24, 2.45) is 0 Å². The smallest absolute Gasteiger partial charge is 0.122 e. The molecule has 0 amide bonds. The number of hydrogen-bond donors (Lipinski definition) is 1. The molecule has 1 aliphatic rings. The van der Waals surface area contributed by atoms with Gasteiger partial charge in [-0.1, -0.05) is 40.2 Å². The molecule has 3 atom stereocenters. The summed E-state index contributed by atoms with van der Waals surface area (Å²) in [6.45, 7) is 8.61. The van der Waals surface area contributed by atoms with Crippen LogP contribution in [0.15, 0.2) is 46.9 Å². The Balaban J connectivity index is 0.00000280. The highest BCUT2D eigenvalue weighted by atomic mass is 79.9. The Bertz CT molecular complexity index is 756. The van der Waals surface area contributed by atoms with Gasteiger partial charge in [-0.15, -0.1) is 12.4 Å². The minimum atomic E-state index is -0.545. The van der Waals surface area contributed by atoms with Gasteiger partial charge in [-0.3, -0.25) is 4.90 Å². The first-order valence-electron chi connectivity index (χ1n) is 9.44. The van der Waals surface area contributed by atoms with Crippen molar-refractivity contribution >= 4 is 28.3 Å². The van der Waals surface area contributed by atoms with Crippen molar-refractivity contribution in [2.75, 3.05) is 26.3 Å². The summed E-state index contributed by atoms with van der Waals surface area (Å²) in [4.78, 5) is 2.29. The van der Waals surface area contributed by atoms with E-state index in [0.717, 1.165) is 27.9 Å². The van der Waals surface area contributed by atoms with E-state index < -0.39 is 6.10 Å². The number of aryl methyl sites for hydroxylation is 1. The lowest BCUT2D eigenvalue weighted by atomic mass is 10.0. The third-order valence-electron chi connectivity index (χ3n) is 5.32. The molecule has 2 aromatic carbocycles. The molecule has 0 bridgehead atoms. The molecule has 0 aromatic heterocycles. The van der Waals surface area contributed by atoms with Crippen LogP contribution in [0.5, 0.6) is 5.75 Å². The molecule has 28 heavy (non-hydrogen) atoms. The maximum atomic E-state index is 10.5. The average Bonchev–Trinajstić information content (AvgIpc) is 2.65. The zero-order valence-electron chi connectivity index (χ0n) is 16.6. The van der Waals surface area contributed by atoms with Gasteiger partial charge in [0.15, 0.2) is 0 Å². The minimum absolute atomic E-state index is 0.